The van der Waals surface area contributed by atoms with Gasteiger partial charge < -0.3 is 14.6 Å². The van der Waals surface area contributed by atoms with Crippen molar-refractivity contribution < 1.29 is 19.1 Å². The molecular weight excluding hydrogens is 328 g/mol. The minimum Gasteiger partial charge on any atom is -0.493 e. The van der Waals surface area contributed by atoms with E-state index in [2.05, 4.69) is 41.2 Å². The number of aliphatic hydroxyl groups excluding tert-OH is 1. The zero-order valence-electron chi connectivity index (χ0n) is 15.7. The van der Waals surface area contributed by atoms with E-state index in [1.54, 1.807) is 7.11 Å². The predicted molar refractivity (Wildman–Crippen MR) is 102 cm³/mol. The first kappa shape index (κ1) is 18.3. The van der Waals surface area contributed by atoms with Gasteiger partial charge in [-0.15, -0.1) is 0 Å². The highest BCUT2D eigenvalue weighted by atomic mass is 16.5. The second-order valence-electron chi connectivity index (χ2n) is 6.23. The number of hydrogen-bond donors (Lipinski definition) is 1. The zero-order valence-corrected chi connectivity index (χ0v) is 15.7. The fraction of sp³-hybridized carbons (Fsp3) is 0.381. The van der Waals surface area contributed by atoms with Gasteiger partial charge in [-0.25, -0.2) is 9.13 Å². The van der Waals surface area contributed by atoms with Crippen molar-refractivity contribution in [2.45, 2.75) is 39.5 Å². The first-order valence-electron chi connectivity index (χ1n) is 9.13. The lowest BCUT2D eigenvalue weighted by molar-refractivity contribution is -0.686. The van der Waals surface area contributed by atoms with Gasteiger partial charge >= 0.3 is 0 Å². The number of benzene rings is 2. The average molecular weight is 355 g/mol. The summed E-state index contributed by atoms with van der Waals surface area (Å²) in [6.07, 6.45) is 0.286. The highest BCUT2D eigenvalue weighted by Gasteiger charge is 2.24. The van der Waals surface area contributed by atoms with Crippen LogP contribution in [0.15, 0.2) is 48.5 Å². The molecule has 0 saturated heterocycles. The first-order chi connectivity index (χ1) is 12.7. The standard InChI is InChI=1S/C21H27N2O3/c1-4-21-22(5-2)17-10-6-7-11-18(17)23(21)14-16(24)15-26-20-13-9-8-12-19(20)25-3/h6-13,16,24H,4-5,14-15H2,1-3H3/q+1/t16-/m0/s1. The van der Waals surface area contributed by atoms with Gasteiger partial charge in [0.15, 0.2) is 22.5 Å². The molecule has 26 heavy (non-hydrogen) atoms. The molecule has 1 N–H and O–H groups in total. The van der Waals surface area contributed by atoms with Crippen molar-refractivity contribution in [3.63, 3.8) is 0 Å². The monoisotopic (exact) mass is 355 g/mol. The summed E-state index contributed by atoms with van der Waals surface area (Å²) in [7, 11) is 1.61. The lowest BCUT2D eigenvalue weighted by Gasteiger charge is -2.14. The molecule has 138 valence electrons. The summed E-state index contributed by atoms with van der Waals surface area (Å²) in [5.41, 5.74) is 2.34. The van der Waals surface area contributed by atoms with Gasteiger partial charge in [0.25, 0.3) is 5.82 Å². The van der Waals surface area contributed by atoms with E-state index in [-0.39, 0.29) is 6.61 Å². The van der Waals surface area contributed by atoms with Gasteiger partial charge in [0.1, 0.15) is 19.3 Å². The quantitative estimate of drug-likeness (QED) is 0.632. The molecule has 0 aliphatic carbocycles. The van der Waals surface area contributed by atoms with Gasteiger partial charge in [0.2, 0.25) is 0 Å². The molecule has 1 atom stereocenters. The molecule has 0 aliphatic rings. The summed E-state index contributed by atoms with van der Waals surface area (Å²) in [4.78, 5) is 0. The number of aryl methyl sites for hydroxylation is 1. The van der Waals surface area contributed by atoms with Crippen LogP contribution in [0.3, 0.4) is 0 Å². The fourth-order valence-electron chi connectivity index (χ4n) is 3.47. The van der Waals surface area contributed by atoms with Crippen LogP contribution in [-0.2, 0) is 19.5 Å². The number of para-hydroxylation sites is 4. The number of nitrogens with zero attached hydrogens (tertiary/aromatic N) is 2. The van der Waals surface area contributed by atoms with Gasteiger partial charge in [-0.3, -0.25) is 0 Å². The van der Waals surface area contributed by atoms with Crippen molar-refractivity contribution >= 4 is 11.0 Å². The molecule has 0 spiro atoms. The summed E-state index contributed by atoms with van der Waals surface area (Å²) in [5, 5.41) is 10.6. The Labute approximate surface area is 154 Å². The maximum atomic E-state index is 10.6. The Hall–Kier alpha value is -2.53. The van der Waals surface area contributed by atoms with Gasteiger partial charge in [-0.2, -0.15) is 0 Å². The molecule has 3 rings (SSSR count). The first-order valence-corrected chi connectivity index (χ1v) is 9.13. The molecule has 2 aromatic carbocycles. The van der Waals surface area contributed by atoms with Crippen molar-refractivity contribution in [1.29, 1.82) is 0 Å². The topological polar surface area (TPSA) is 47.5 Å². The van der Waals surface area contributed by atoms with Crippen LogP contribution in [0.4, 0.5) is 0 Å². The molecule has 0 bridgehead atoms. The van der Waals surface area contributed by atoms with Crippen LogP contribution in [0.25, 0.3) is 11.0 Å². The third-order valence-corrected chi connectivity index (χ3v) is 4.61. The molecule has 5 nitrogen and oxygen atoms in total. The number of imidazole rings is 1. The second-order valence-corrected chi connectivity index (χ2v) is 6.23. The molecule has 0 unspecified atom stereocenters. The summed E-state index contributed by atoms with van der Waals surface area (Å²) in [5.74, 6) is 2.53. The van der Waals surface area contributed by atoms with Crippen molar-refractivity contribution in [2.24, 2.45) is 0 Å². The average Bonchev–Trinajstić information content (AvgIpc) is 2.99. The maximum absolute atomic E-state index is 10.6. The van der Waals surface area contributed by atoms with Crippen LogP contribution in [0.5, 0.6) is 11.5 Å². The molecule has 1 heterocycles. The lowest BCUT2D eigenvalue weighted by atomic mass is 10.3. The number of hydrogen-bond acceptors (Lipinski definition) is 3. The molecule has 0 amide bonds. The molecule has 5 heteroatoms. The van der Waals surface area contributed by atoms with Crippen LogP contribution < -0.4 is 14.0 Å². The molecule has 0 radical (unpaired) electrons. The minimum atomic E-state index is -0.619. The highest BCUT2D eigenvalue weighted by Crippen LogP contribution is 2.25. The Morgan fingerprint density at radius 2 is 1.73 bits per heavy atom. The van der Waals surface area contributed by atoms with E-state index in [1.807, 2.05) is 30.3 Å². The smallest absolute Gasteiger partial charge is 0.257 e. The van der Waals surface area contributed by atoms with E-state index in [9.17, 15) is 5.11 Å². The van der Waals surface area contributed by atoms with Crippen LogP contribution in [0.2, 0.25) is 0 Å². The van der Waals surface area contributed by atoms with Gasteiger partial charge in [-0.05, 0) is 31.2 Å². The third kappa shape index (κ3) is 3.53. The van der Waals surface area contributed by atoms with Crippen LogP contribution in [0.1, 0.15) is 19.7 Å². The SMILES string of the molecule is CCc1n(CC)c2ccccc2[n+]1C[C@H](O)COc1ccccc1OC. The van der Waals surface area contributed by atoms with Gasteiger partial charge in [0.05, 0.1) is 13.7 Å². The van der Waals surface area contributed by atoms with Crippen molar-refractivity contribution in [3.05, 3.63) is 54.4 Å². The number of fused-ring (bicyclic) bond motifs is 1. The molecule has 0 fully saturated rings. The number of ether oxygens (including phenoxy) is 2. The molecular formula is C21H27N2O3+. The molecule has 3 aromatic rings. The van der Waals surface area contributed by atoms with E-state index in [0.29, 0.717) is 18.0 Å². The minimum absolute atomic E-state index is 0.210. The predicted octanol–water partition coefficient (Wildman–Crippen LogP) is 2.96. The zero-order chi connectivity index (χ0) is 18.5. The Morgan fingerprint density at radius 1 is 1.04 bits per heavy atom. The van der Waals surface area contributed by atoms with E-state index >= 15 is 0 Å². The van der Waals surface area contributed by atoms with Crippen molar-refractivity contribution in [2.75, 3.05) is 13.7 Å². The summed E-state index contributed by atoms with van der Waals surface area (Å²) in [6, 6.07) is 15.8. The molecule has 1 aromatic heterocycles. The van der Waals surface area contributed by atoms with Gasteiger partial charge in [-0.1, -0.05) is 31.2 Å². The van der Waals surface area contributed by atoms with E-state index < -0.39 is 6.10 Å². The molecule has 0 saturated carbocycles. The second kappa shape index (κ2) is 8.23. The van der Waals surface area contributed by atoms with Crippen LogP contribution in [0, 0.1) is 0 Å². The van der Waals surface area contributed by atoms with E-state index in [1.165, 1.54) is 11.3 Å². The molecule has 0 aliphatic heterocycles. The summed E-state index contributed by atoms with van der Waals surface area (Å²) >= 11 is 0. The van der Waals surface area contributed by atoms with Crippen LogP contribution in [-0.4, -0.2) is 29.5 Å². The Balaban J connectivity index is 1.80. The number of aromatic nitrogens is 2. The largest absolute Gasteiger partial charge is 0.493 e. The van der Waals surface area contributed by atoms with E-state index in [4.69, 9.17) is 9.47 Å². The van der Waals surface area contributed by atoms with Gasteiger partial charge in [0, 0.05) is 6.42 Å². The Kier molecular flexibility index (Phi) is 5.78. The highest BCUT2D eigenvalue weighted by molar-refractivity contribution is 5.72. The van der Waals surface area contributed by atoms with Crippen LogP contribution >= 0.6 is 0 Å². The van der Waals surface area contributed by atoms with Crippen molar-refractivity contribution in [3.8, 4) is 11.5 Å². The summed E-state index contributed by atoms with van der Waals surface area (Å²) < 4.78 is 15.6. The normalized spacial score (nSPS) is 12.3. The van der Waals surface area contributed by atoms with Crippen molar-refractivity contribution in [1.82, 2.24) is 4.57 Å². The summed E-state index contributed by atoms with van der Waals surface area (Å²) in [6.45, 7) is 5.91. The van der Waals surface area contributed by atoms with E-state index in [0.717, 1.165) is 18.5 Å². The fourth-order valence-corrected chi connectivity index (χ4v) is 3.47. The maximum Gasteiger partial charge on any atom is 0.257 e. The number of rotatable bonds is 8. The number of methoxy groups -OCH3 is 1. The Bertz CT molecular complexity index is 873. The lowest BCUT2D eigenvalue weighted by Crippen LogP contribution is -2.44. The third-order valence-electron chi connectivity index (χ3n) is 4.61. The Morgan fingerprint density at radius 3 is 2.42 bits per heavy atom. The number of aliphatic hydroxyl groups is 1.